The van der Waals surface area contributed by atoms with Gasteiger partial charge >= 0.3 is 5.69 Å². The van der Waals surface area contributed by atoms with Gasteiger partial charge in [-0.05, 0) is 36.4 Å². The van der Waals surface area contributed by atoms with E-state index in [9.17, 15) is 14.5 Å². The Hall–Kier alpha value is -2.08. The van der Waals surface area contributed by atoms with Gasteiger partial charge in [-0.2, -0.15) is 0 Å². The third-order valence-corrected chi connectivity index (χ3v) is 3.55. The van der Waals surface area contributed by atoms with Crippen molar-refractivity contribution in [1.82, 2.24) is 0 Å². The van der Waals surface area contributed by atoms with Gasteiger partial charge in [0.2, 0.25) is 0 Å². The molecule has 0 aliphatic heterocycles. The van der Waals surface area contributed by atoms with E-state index in [1.807, 2.05) is 0 Å². The van der Waals surface area contributed by atoms with Crippen LogP contribution in [0, 0.1) is 15.9 Å². The number of para-hydroxylation sites is 1. The van der Waals surface area contributed by atoms with Gasteiger partial charge in [0.1, 0.15) is 11.5 Å². The number of nitro groups is 1. The minimum Gasteiger partial charge on any atom is -0.383 e. The Morgan fingerprint density at radius 1 is 1.21 bits per heavy atom. The van der Waals surface area contributed by atoms with Crippen molar-refractivity contribution >= 4 is 23.1 Å². The Kier molecular flexibility index (Phi) is 4.01. The van der Waals surface area contributed by atoms with Gasteiger partial charge in [-0.25, -0.2) is 4.39 Å². The lowest BCUT2D eigenvalue weighted by Crippen LogP contribution is -1.98. The van der Waals surface area contributed by atoms with Crippen LogP contribution in [0.3, 0.4) is 0 Å². The molecule has 0 aliphatic rings. The number of nitro benzene ring substituents is 1. The molecular weight excluding hydrogens is 267 g/mol. The van der Waals surface area contributed by atoms with E-state index < -0.39 is 4.92 Å². The maximum absolute atomic E-state index is 12.8. The average Bonchev–Trinajstić information content (AvgIpc) is 2.40. The van der Waals surface area contributed by atoms with E-state index >= 15 is 0 Å². The van der Waals surface area contributed by atoms with E-state index in [-0.39, 0.29) is 11.5 Å². The van der Waals surface area contributed by atoms with Crippen molar-refractivity contribution in [3.05, 3.63) is 58.4 Å². The maximum Gasteiger partial charge on any atom is 0.306 e. The second-order valence-corrected chi connectivity index (χ2v) is 4.83. The summed E-state index contributed by atoms with van der Waals surface area (Å²) >= 11 is 1.23. The molecule has 4 nitrogen and oxygen atoms in total. The fourth-order valence-corrected chi connectivity index (χ4v) is 2.58. The zero-order valence-electron chi connectivity index (χ0n) is 10.1. The molecule has 0 heterocycles. The predicted molar refractivity (Wildman–Crippen MR) is 73.2 cm³/mol. The highest BCUT2D eigenvalue weighted by molar-refractivity contribution is 7.99. The van der Waals surface area contributed by atoms with Crippen molar-refractivity contribution in [1.29, 1.82) is 0 Å². The SMILES string of the molecule is CNc1cccc(Sc2ccc(F)cc2)c1[N+](=O)[O-]. The lowest BCUT2D eigenvalue weighted by atomic mass is 10.2. The van der Waals surface area contributed by atoms with E-state index in [1.54, 1.807) is 37.4 Å². The number of anilines is 1. The molecule has 2 aromatic rings. The molecule has 0 aromatic heterocycles. The summed E-state index contributed by atoms with van der Waals surface area (Å²) in [6.45, 7) is 0. The van der Waals surface area contributed by atoms with Crippen LogP contribution in [0.25, 0.3) is 0 Å². The van der Waals surface area contributed by atoms with Crippen LogP contribution in [0.1, 0.15) is 0 Å². The first-order chi connectivity index (χ1) is 9.11. The molecule has 98 valence electrons. The first kappa shape index (κ1) is 13.4. The summed E-state index contributed by atoms with van der Waals surface area (Å²) < 4.78 is 12.8. The molecule has 0 bridgehead atoms. The van der Waals surface area contributed by atoms with Gasteiger partial charge in [-0.1, -0.05) is 17.8 Å². The Morgan fingerprint density at radius 3 is 2.47 bits per heavy atom. The van der Waals surface area contributed by atoms with Crippen molar-refractivity contribution in [2.24, 2.45) is 0 Å². The summed E-state index contributed by atoms with van der Waals surface area (Å²) in [6.07, 6.45) is 0. The van der Waals surface area contributed by atoms with Gasteiger partial charge < -0.3 is 5.32 Å². The van der Waals surface area contributed by atoms with Crippen molar-refractivity contribution in [2.45, 2.75) is 9.79 Å². The summed E-state index contributed by atoms with van der Waals surface area (Å²) in [6, 6.07) is 10.9. The number of rotatable bonds is 4. The lowest BCUT2D eigenvalue weighted by Gasteiger charge is -2.07. The topological polar surface area (TPSA) is 55.2 Å². The highest BCUT2D eigenvalue weighted by atomic mass is 32.2. The van der Waals surface area contributed by atoms with E-state index in [0.29, 0.717) is 10.6 Å². The number of nitrogens with one attached hydrogen (secondary N) is 1. The molecule has 2 rings (SSSR count). The molecule has 6 heteroatoms. The predicted octanol–water partition coefficient (Wildman–Crippen LogP) is 3.93. The number of halogens is 1. The van der Waals surface area contributed by atoms with Crippen molar-refractivity contribution < 1.29 is 9.31 Å². The van der Waals surface area contributed by atoms with Crippen LogP contribution >= 0.6 is 11.8 Å². The summed E-state index contributed by atoms with van der Waals surface area (Å²) in [5, 5.41) is 13.9. The van der Waals surface area contributed by atoms with Crippen LogP contribution in [0.2, 0.25) is 0 Å². The quantitative estimate of drug-likeness (QED) is 0.680. The third kappa shape index (κ3) is 3.03. The smallest absolute Gasteiger partial charge is 0.306 e. The van der Waals surface area contributed by atoms with Crippen LogP contribution < -0.4 is 5.32 Å². The monoisotopic (exact) mass is 278 g/mol. The first-order valence-electron chi connectivity index (χ1n) is 5.50. The normalized spacial score (nSPS) is 10.2. The molecule has 0 unspecified atom stereocenters. The highest BCUT2D eigenvalue weighted by Crippen LogP contribution is 2.38. The van der Waals surface area contributed by atoms with Gasteiger partial charge in [0, 0.05) is 11.9 Å². The second-order valence-electron chi connectivity index (χ2n) is 3.72. The van der Waals surface area contributed by atoms with Gasteiger partial charge in [0.05, 0.1) is 9.82 Å². The zero-order chi connectivity index (χ0) is 13.8. The maximum atomic E-state index is 12.8. The summed E-state index contributed by atoms with van der Waals surface area (Å²) in [5.41, 5.74) is 0.483. The van der Waals surface area contributed by atoms with Crippen molar-refractivity contribution in [3.63, 3.8) is 0 Å². The van der Waals surface area contributed by atoms with Crippen LogP contribution in [-0.2, 0) is 0 Å². The second kappa shape index (κ2) is 5.71. The fraction of sp³-hybridized carbons (Fsp3) is 0.0769. The summed E-state index contributed by atoms with van der Waals surface area (Å²) in [7, 11) is 1.63. The molecule has 0 aliphatic carbocycles. The summed E-state index contributed by atoms with van der Waals surface area (Å²) in [4.78, 5) is 12.0. The van der Waals surface area contributed by atoms with Gasteiger partial charge in [0.25, 0.3) is 0 Å². The minimum atomic E-state index is -0.419. The first-order valence-corrected chi connectivity index (χ1v) is 6.32. The molecular formula is C13H11FN2O2S. The standard InChI is InChI=1S/C13H11FN2O2S/c1-15-11-3-2-4-12(13(11)16(17)18)19-10-7-5-9(14)6-8-10/h2-8,15H,1H3. The van der Waals surface area contributed by atoms with Crippen molar-refractivity contribution in [2.75, 3.05) is 12.4 Å². The molecule has 0 radical (unpaired) electrons. The Bertz CT molecular complexity index is 602. The molecule has 0 saturated carbocycles. The molecule has 0 amide bonds. The van der Waals surface area contributed by atoms with Crippen LogP contribution in [0.15, 0.2) is 52.3 Å². The van der Waals surface area contributed by atoms with Crippen LogP contribution in [0.4, 0.5) is 15.8 Å². The van der Waals surface area contributed by atoms with E-state index in [1.165, 1.54) is 23.9 Å². The zero-order valence-corrected chi connectivity index (χ0v) is 10.9. The Labute approximate surface area is 113 Å². The molecule has 0 atom stereocenters. The number of hydrogen-bond acceptors (Lipinski definition) is 4. The summed E-state index contributed by atoms with van der Waals surface area (Å²) in [5.74, 6) is -0.331. The number of hydrogen-bond donors (Lipinski definition) is 1. The number of nitrogens with zero attached hydrogens (tertiary/aromatic N) is 1. The van der Waals surface area contributed by atoms with Crippen LogP contribution in [0.5, 0.6) is 0 Å². The highest BCUT2D eigenvalue weighted by Gasteiger charge is 2.19. The average molecular weight is 278 g/mol. The van der Waals surface area contributed by atoms with E-state index in [2.05, 4.69) is 5.32 Å². The molecule has 0 spiro atoms. The number of benzene rings is 2. The van der Waals surface area contributed by atoms with E-state index in [4.69, 9.17) is 0 Å². The lowest BCUT2D eigenvalue weighted by molar-refractivity contribution is -0.386. The van der Waals surface area contributed by atoms with E-state index in [0.717, 1.165) is 4.90 Å². The Balaban J connectivity index is 2.39. The fourth-order valence-electron chi connectivity index (χ4n) is 1.62. The molecule has 2 aromatic carbocycles. The third-order valence-electron chi connectivity index (χ3n) is 2.49. The molecule has 0 fully saturated rings. The van der Waals surface area contributed by atoms with Crippen LogP contribution in [-0.4, -0.2) is 12.0 Å². The minimum absolute atomic E-state index is 0.0272. The van der Waals surface area contributed by atoms with Gasteiger partial charge in [-0.3, -0.25) is 10.1 Å². The Morgan fingerprint density at radius 2 is 1.89 bits per heavy atom. The van der Waals surface area contributed by atoms with Crippen molar-refractivity contribution in [3.8, 4) is 0 Å². The largest absolute Gasteiger partial charge is 0.383 e. The molecule has 0 saturated heterocycles. The molecule has 19 heavy (non-hydrogen) atoms. The van der Waals surface area contributed by atoms with Gasteiger partial charge in [-0.15, -0.1) is 0 Å². The van der Waals surface area contributed by atoms with Gasteiger partial charge in [0.15, 0.2) is 0 Å². The molecule has 1 N–H and O–H groups in total.